The van der Waals surface area contributed by atoms with E-state index in [1.807, 2.05) is 17.6 Å². The van der Waals surface area contributed by atoms with Crippen molar-refractivity contribution < 1.29 is 19.0 Å². The van der Waals surface area contributed by atoms with E-state index in [1.165, 1.54) is 0 Å². The molecule has 0 atom stereocenters. The standard InChI is InChI=1S/C16H20N4O4/c1-11-5-14-15(24-10-23-14)6-13(11)19-16(21)18-8-12-7-17-9-20(12)3-4-22-2/h5-7,9H,3-4,8,10H2,1-2H3,(H2,18,19,21). The Hall–Kier alpha value is -2.74. The van der Waals surface area contributed by atoms with Crippen LogP contribution in [0.2, 0.25) is 0 Å². The third-order valence-electron chi connectivity index (χ3n) is 3.73. The summed E-state index contributed by atoms with van der Waals surface area (Å²) < 4.78 is 17.6. The summed E-state index contributed by atoms with van der Waals surface area (Å²) >= 11 is 0. The SMILES string of the molecule is COCCn1cncc1CNC(=O)Nc1cc2c(cc1C)OCO2. The second-order valence-corrected chi connectivity index (χ2v) is 5.40. The number of fused-ring (bicyclic) bond motifs is 1. The number of anilines is 1. The molecule has 1 aliphatic rings. The first-order valence-corrected chi connectivity index (χ1v) is 7.60. The minimum Gasteiger partial charge on any atom is -0.454 e. The summed E-state index contributed by atoms with van der Waals surface area (Å²) in [6.07, 6.45) is 3.44. The maximum absolute atomic E-state index is 12.1. The van der Waals surface area contributed by atoms with Gasteiger partial charge in [-0.25, -0.2) is 9.78 Å². The molecule has 1 aliphatic heterocycles. The molecule has 0 fully saturated rings. The molecule has 3 rings (SSSR count). The average molecular weight is 332 g/mol. The van der Waals surface area contributed by atoms with Crippen LogP contribution in [0, 0.1) is 6.92 Å². The van der Waals surface area contributed by atoms with E-state index in [4.69, 9.17) is 14.2 Å². The van der Waals surface area contributed by atoms with Gasteiger partial charge in [-0.1, -0.05) is 0 Å². The number of hydrogen-bond acceptors (Lipinski definition) is 5. The van der Waals surface area contributed by atoms with Gasteiger partial charge in [0.25, 0.3) is 0 Å². The molecule has 0 saturated carbocycles. The van der Waals surface area contributed by atoms with E-state index in [0.29, 0.717) is 36.9 Å². The number of nitrogens with one attached hydrogen (secondary N) is 2. The molecule has 8 nitrogen and oxygen atoms in total. The summed E-state index contributed by atoms with van der Waals surface area (Å²) in [5.74, 6) is 1.33. The zero-order valence-corrected chi connectivity index (χ0v) is 13.7. The average Bonchev–Trinajstić information content (AvgIpc) is 3.19. The number of amides is 2. The number of rotatable bonds is 6. The molecule has 1 aromatic heterocycles. The Balaban J connectivity index is 1.58. The van der Waals surface area contributed by atoms with Crippen molar-refractivity contribution >= 4 is 11.7 Å². The lowest BCUT2D eigenvalue weighted by Gasteiger charge is -2.12. The number of aromatic nitrogens is 2. The van der Waals surface area contributed by atoms with Crippen molar-refractivity contribution in [2.75, 3.05) is 25.8 Å². The minimum atomic E-state index is -0.295. The number of aryl methyl sites for hydroxylation is 1. The van der Waals surface area contributed by atoms with Gasteiger partial charge in [0.15, 0.2) is 11.5 Å². The van der Waals surface area contributed by atoms with Crippen LogP contribution in [0.4, 0.5) is 10.5 Å². The summed E-state index contributed by atoms with van der Waals surface area (Å²) in [6.45, 7) is 3.76. The maximum Gasteiger partial charge on any atom is 0.319 e. The van der Waals surface area contributed by atoms with Crippen molar-refractivity contribution in [2.24, 2.45) is 0 Å². The van der Waals surface area contributed by atoms with Crippen LogP contribution in [0.1, 0.15) is 11.3 Å². The predicted molar refractivity (Wildman–Crippen MR) is 87.3 cm³/mol. The fourth-order valence-corrected chi connectivity index (χ4v) is 2.40. The van der Waals surface area contributed by atoms with Crippen LogP contribution in [-0.4, -0.2) is 36.1 Å². The minimum absolute atomic E-state index is 0.204. The third-order valence-corrected chi connectivity index (χ3v) is 3.73. The second kappa shape index (κ2) is 7.22. The Morgan fingerprint density at radius 1 is 1.38 bits per heavy atom. The molecule has 0 saturated heterocycles. The Kier molecular flexibility index (Phi) is 4.85. The molecule has 0 radical (unpaired) electrons. The number of carbonyl (C=O) groups is 1. The van der Waals surface area contributed by atoms with Crippen molar-refractivity contribution in [3.63, 3.8) is 0 Å². The highest BCUT2D eigenvalue weighted by molar-refractivity contribution is 5.90. The van der Waals surface area contributed by atoms with Gasteiger partial charge >= 0.3 is 6.03 Å². The van der Waals surface area contributed by atoms with Crippen LogP contribution in [0.25, 0.3) is 0 Å². The number of ether oxygens (including phenoxy) is 3. The topological polar surface area (TPSA) is 86.6 Å². The molecule has 0 spiro atoms. The monoisotopic (exact) mass is 332 g/mol. The maximum atomic E-state index is 12.1. The zero-order chi connectivity index (χ0) is 16.9. The lowest BCUT2D eigenvalue weighted by molar-refractivity contribution is 0.174. The van der Waals surface area contributed by atoms with Crippen molar-refractivity contribution in [3.8, 4) is 11.5 Å². The molecule has 2 N–H and O–H groups in total. The molecule has 8 heteroatoms. The van der Waals surface area contributed by atoms with Crippen molar-refractivity contribution in [1.82, 2.24) is 14.9 Å². The van der Waals surface area contributed by atoms with Gasteiger partial charge in [-0.2, -0.15) is 0 Å². The summed E-state index contributed by atoms with van der Waals surface area (Å²) in [4.78, 5) is 16.2. The number of carbonyl (C=O) groups excluding carboxylic acids is 1. The molecule has 2 amide bonds. The van der Waals surface area contributed by atoms with E-state index in [9.17, 15) is 4.79 Å². The highest BCUT2D eigenvalue weighted by atomic mass is 16.7. The molecule has 128 valence electrons. The molecule has 2 aromatic rings. The highest BCUT2D eigenvalue weighted by Crippen LogP contribution is 2.36. The van der Waals surface area contributed by atoms with Crippen molar-refractivity contribution in [1.29, 1.82) is 0 Å². The molecule has 2 heterocycles. The largest absolute Gasteiger partial charge is 0.454 e. The molecule has 1 aromatic carbocycles. The number of urea groups is 1. The molecule has 0 unspecified atom stereocenters. The first-order chi connectivity index (χ1) is 11.7. The summed E-state index contributed by atoms with van der Waals surface area (Å²) in [5.41, 5.74) is 2.49. The first kappa shape index (κ1) is 16.1. The number of benzene rings is 1. The van der Waals surface area contributed by atoms with Crippen LogP contribution in [0.3, 0.4) is 0 Å². The van der Waals surface area contributed by atoms with Gasteiger partial charge in [0.2, 0.25) is 6.79 Å². The van der Waals surface area contributed by atoms with Crippen LogP contribution in [0.15, 0.2) is 24.7 Å². The fraction of sp³-hybridized carbons (Fsp3) is 0.375. The van der Waals surface area contributed by atoms with Crippen LogP contribution < -0.4 is 20.1 Å². The smallest absolute Gasteiger partial charge is 0.319 e. The van der Waals surface area contributed by atoms with Gasteiger partial charge in [-0.15, -0.1) is 0 Å². The van der Waals surface area contributed by atoms with Gasteiger partial charge in [0, 0.05) is 31.6 Å². The highest BCUT2D eigenvalue weighted by Gasteiger charge is 2.16. The zero-order valence-electron chi connectivity index (χ0n) is 13.7. The summed E-state index contributed by atoms with van der Waals surface area (Å²) in [5, 5.41) is 5.65. The van der Waals surface area contributed by atoms with E-state index in [0.717, 1.165) is 11.3 Å². The molecule has 0 bridgehead atoms. The van der Waals surface area contributed by atoms with Gasteiger partial charge < -0.3 is 29.4 Å². The Morgan fingerprint density at radius 3 is 2.96 bits per heavy atom. The van der Waals surface area contributed by atoms with E-state index in [-0.39, 0.29) is 12.8 Å². The van der Waals surface area contributed by atoms with E-state index < -0.39 is 0 Å². The fourth-order valence-electron chi connectivity index (χ4n) is 2.40. The number of hydrogen-bond donors (Lipinski definition) is 2. The summed E-state index contributed by atoms with van der Waals surface area (Å²) in [7, 11) is 1.65. The van der Waals surface area contributed by atoms with Crippen molar-refractivity contribution in [2.45, 2.75) is 20.0 Å². The number of nitrogens with zero attached hydrogens (tertiary/aromatic N) is 2. The quantitative estimate of drug-likeness (QED) is 0.843. The normalized spacial score (nSPS) is 12.2. The van der Waals surface area contributed by atoms with Crippen LogP contribution in [-0.2, 0) is 17.8 Å². The molecule has 24 heavy (non-hydrogen) atoms. The van der Waals surface area contributed by atoms with Crippen molar-refractivity contribution in [3.05, 3.63) is 35.9 Å². The van der Waals surface area contributed by atoms with E-state index in [2.05, 4.69) is 15.6 Å². The van der Waals surface area contributed by atoms with Gasteiger partial charge in [-0.05, 0) is 18.6 Å². The van der Waals surface area contributed by atoms with Gasteiger partial charge in [0.1, 0.15) is 0 Å². The molecule has 0 aliphatic carbocycles. The second-order valence-electron chi connectivity index (χ2n) is 5.40. The van der Waals surface area contributed by atoms with Gasteiger partial charge in [0.05, 0.1) is 25.2 Å². The predicted octanol–water partition coefficient (Wildman–Crippen LogP) is 1.89. The third kappa shape index (κ3) is 3.60. The van der Waals surface area contributed by atoms with Gasteiger partial charge in [-0.3, -0.25) is 0 Å². The Bertz CT molecular complexity index is 729. The Morgan fingerprint density at radius 2 is 2.17 bits per heavy atom. The molecular formula is C16H20N4O4. The van der Waals surface area contributed by atoms with E-state index in [1.54, 1.807) is 25.7 Å². The Labute approximate surface area is 139 Å². The first-order valence-electron chi connectivity index (χ1n) is 7.60. The molecular weight excluding hydrogens is 312 g/mol. The lowest BCUT2D eigenvalue weighted by Crippen LogP contribution is -2.29. The van der Waals surface area contributed by atoms with Crippen LogP contribution in [0.5, 0.6) is 11.5 Å². The van der Waals surface area contributed by atoms with Crippen LogP contribution >= 0.6 is 0 Å². The van der Waals surface area contributed by atoms with E-state index >= 15 is 0 Å². The summed E-state index contributed by atoms with van der Waals surface area (Å²) in [6, 6.07) is 3.31. The number of methoxy groups -OCH3 is 1. The lowest BCUT2D eigenvalue weighted by atomic mass is 10.2. The number of imidazole rings is 1.